The number of methoxy groups -OCH3 is 1. The summed E-state index contributed by atoms with van der Waals surface area (Å²) in [5, 5.41) is 3.03. The van der Waals surface area contributed by atoms with Crippen LogP contribution in [-0.4, -0.2) is 87.4 Å². The van der Waals surface area contributed by atoms with E-state index >= 15 is 0 Å². The van der Waals surface area contributed by atoms with Gasteiger partial charge in [-0.25, -0.2) is 0 Å². The summed E-state index contributed by atoms with van der Waals surface area (Å²) in [7, 11) is 1.73. The van der Waals surface area contributed by atoms with E-state index in [4.69, 9.17) is 9.47 Å². The van der Waals surface area contributed by atoms with Gasteiger partial charge in [0.2, 0.25) is 5.91 Å². The Hall–Kier alpha value is -0.690. The zero-order chi connectivity index (χ0) is 15.1. The van der Waals surface area contributed by atoms with Crippen molar-refractivity contribution in [3.63, 3.8) is 0 Å². The van der Waals surface area contributed by atoms with Crippen molar-refractivity contribution in [1.29, 1.82) is 0 Å². The topological polar surface area (TPSA) is 54.0 Å². The van der Waals surface area contributed by atoms with E-state index in [2.05, 4.69) is 15.1 Å². The van der Waals surface area contributed by atoms with Crippen LogP contribution in [0.3, 0.4) is 0 Å². The van der Waals surface area contributed by atoms with Crippen LogP contribution in [0.2, 0.25) is 0 Å². The molecular formula is C15H29N3O3. The van der Waals surface area contributed by atoms with Crippen molar-refractivity contribution in [3.8, 4) is 0 Å². The van der Waals surface area contributed by atoms with Crippen molar-refractivity contribution in [2.24, 2.45) is 0 Å². The quantitative estimate of drug-likeness (QED) is 0.713. The third kappa shape index (κ3) is 5.21. The lowest BCUT2D eigenvalue weighted by molar-refractivity contribution is -0.127. The van der Waals surface area contributed by atoms with Gasteiger partial charge in [0.25, 0.3) is 0 Å². The van der Waals surface area contributed by atoms with Gasteiger partial charge in [-0.1, -0.05) is 0 Å². The van der Waals surface area contributed by atoms with Crippen LogP contribution in [-0.2, 0) is 14.3 Å². The van der Waals surface area contributed by atoms with E-state index in [1.54, 1.807) is 7.11 Å². The predicted molar refractivity (Wildman–Crippen MR) is 81.3 cm³/mol. The van der Waals surface area contributed by atoms with Crippen LogP contribution in [0.15, 0.2) is 0 Å². The van der Waals surface area contributed by atoms with Crippen LogP contribution in [0.1, 0.15) is 19.8 Å². The van der Waals surface area contributed by atoms with Gasteiger partial charge in [0.1, 0.15) is 0 Å². The van der Waals surface area contributed by atoms with Gasteiger partial charge >= 0.3 is 0 Å². The Labute approximate surface area is 127 Å². The standard InChI is InChI=1S/C15H29N3O3/c1-13(15(19)16-12-14-4-3-10-21-14)18-7-5-17(6-8-18)9-11-20-2/h13-14H,3-12H2,1-2H3,(H,16,19). The summed E-state index contributed by atoms with van der Waals surface area (Å²) in [5.74, 6) is 0.121. The number of nitrogens with zero attached hydrogens (tertiary/aromatic N) is 2. The highest BCUT2D eigenvalue weighted by Crippen LogP contribution is 2.11. The number of ether oxygens (including phenoxy) is 2. The van der Waals surface area contributed by atoms with Crippen molar-refractivity contribution in [1.82, 2.24) is 15.1 Å². The molecule has 2 rings (SSSR count). The third-order valence-corrected chi connectivity index (χ3v) is 4.47. The minimum atomic E-state index is -0.0593. The highest BCUT2D eigenvalue weighted by molar-refractivity contribution is 5.81. The molecule has 1 amide bonds. The van der Waals surface area contributed by atoms with Crippen LogP contribution in [0.25, 0.3) is 0 Å². The maximum atomic E-state index is 12.2. The lowest BCUT2D eigenvalue weighted by atomic mass is 10.2. The maximum Gasteiger partial charge on any atom is 0.237 e. The first-order valence-corrected chi connectivity index (χ1v) is 8.05. The molecule has 0 radical (unpaired) electrons. The average Bonchev–Trinajstić information content (AvgIpc) is 3.04. The second kappa shape index (κ2) is 8.68. The Balaban J connectivity index is 1.65. The second-order valence-electron chi connectivity index (χ2n) is 5.93. The molecule has 0 bridgehead atoms. The molecule has 2 atom stereocenters. The van der Waals surface area contributed by atoms with Gasteiger partial charge in [0.05, 0.1) is 18.8 Å². The Morgan fingerprint density at radius 3 is 2.76 bits per heavy atom. The van der Waals surface area contributed by atoms with Gasteiger partial charge in [-0.05, 0) is 19.8 Å². The molecule has 2 heterocycles. The molecule has 0 aromatic carbocycles. The van der Waals surface area contributed by atoms with Crippen molar-refractivity contribution < 1.29 is 14.3 Å². The molecule has 0 saturated carbocycles. The number of carbonyl (C=O) groups is 1. The first-order chi connectivity index (χ1) is 10.2. The number of nitrogens with one attached hydrogen (secondary N) is 1. The third-order valence-electron chi connectivity index (χ3n) is 4.47. The monoisotopic (exact) mass is 299 g/mol. The van der Waals surface area contributed by atoms with E-state index < -0.39 is 0 Å². The smallest absolute Gasteiger partial charge is 0.237 e. The molecule has 2 unspecified atom stereocenters. The summed E-state index contributed by atoms with van der Waals surface area (Å²) < 4.78 is 10.6. The fourth-order valence-corrected chi connectivity index (χ4v) is 2.93. The molecule has 1 N–H and O–H groups in total. The summed E-state index contributed by atoms with van der Waals surface area (Å²) in [5.41, 5.74) is 0. The highest BCUT2D eigenvalue weighted by Gasteiger charge is 2.26. The van der Waals surface area contributed by atoms with E-state index in [1.807, 2.05) is 6.92 Å². The first kappa shape index (κ1) is 16.7. The van der Waals surface area contributed by atoms with E-state index in [0.29, 0.717) is 6.54 Å². The number of hydrogen-bond donors (Lipinski definition) is 1. The SMILES string of the molecule is COCCN1CCN(C(C)C(=O)NCC2CCCO2)CC1. The van der Waals surface area contributed by atoms with E-state index in [9.17, 15) is 4.79 Å². The van der Waals surface area contributed by atoms with Crippen molar-refractivity contribution in [2.75, 3.05) is 59.6 Å². The van der Waals surface area contributed by atoms with Crippen molar-refractivity contribution in [3.05, 3.63) is 0 Å². The van der Waals surface area contributed by atoms with Crippen molar-refractivity contribution >= 4 is 5.91 Å². The maximum absolute atomic E-state index is 12.2. The summed E-state index contributed by atoms with van der Waals surface area (Å²) in [6.45, 7) is 9.13. The molecule has 2 aliphatic heterocycles. The number of carbonyl (C=O) groups excluding carboxylic acids is 1. The molecule has 0 aromatic heterocycles. The normalized spacial score (nSPS) is 25.9. The molecule has 0 spiro atoms. The number of rotatable bonds is 7. The first-order valence-electron chi connectivity index (χ1n) is 8.05. The summed E-state index contributed by atoms with van der Waals surface area (Å²) in [4.78, 5) is 16.9. The van der Waals surface area contributed by atoms with Crippen LogP contribution in [0.4, 0.5) is 0 Å². The Bertz CT molecular complexity index is 313. The van der Waals surface area contributed by atoms with Crippen LogP contribution < -0.4 is 5.32 Å². The van der Waals surface area contributed by atoms with Gasteiger partial charge < -0.3 is 14.8 Å². The van der Waals surface area contributed by atoms with Gasteiger partial charge in [-0.15, -0.1) is 0 Å². The molecule has 2 saturated heterocycles. The summed E-state index contributed by atoms with van der Waals surface area (Å²) in [6, 6.07) is -0.0593. The molecule has 0 aliphatic carbocycles. The second-order valence-corrected chi connectivity index (χ2v) is 5.93. The largest absolute Gasteiger partial charge is 0.383 e. The summed E-state index contributed by atoms with van der Waals surface area (Å²) in [6.07, 6.45) is 2.39. The molecule has 21 heavy (non-hydrogen) atoms. The van der Waals surface area contributed by atoms with E-state index in [0.717, 1.165) is 58.8 Å². The lowest BCUT2D eigenvalue weighted by Gasteiger charge is -2.37. The number of amides is 1. The molecule has 2 fully saturated rings. The van der Waals surface area contributed by atoms with E-state index in [-0.39, 0.29) is 18.1 Å². The van der Waals surface area contributed by atoms with Crippen LogP contribution in [0.5, 0.6) is 0 Å². The fraction of sp³-hybridized carbons (Fsp3) is 0.933. The van der Waals surface area contributed by atoms with Gasteiger partial charge in [-0.3, -0.25) is 14.6 Å². The molecule has 6 nitrogen and oxygen atoms in total. The van der Waals surface area contributed by atoms with E-state index in [1.165, 1.54) is 0 Å². The zero-order valence-corrected chi connectivity index (χ0v) is 13.3. The number of hydrogen-bond acceptors (Lipinski definition) is 5. The van der Waals surface area contributed by atoms with Gasteiger partial charge in [-0.2, -0.15) is 0 Å². The predicted octanol–water partition coefficient (Wildman–Crippen LogP) is -0.0659. The molecular weight excluding hydrogens is 270 g/mol. The molecule has 122 valence electrons. The molecule has 0 aromatic rings. The van der Waals surface area contributed by atoms with Crippen molar-refractivity contribution in [2.45, 2.75) is 31.9 Å². The van der Waals surface area contributed by atoms with Gasteiger partial charge in [0.15, 0.2) is 0 Å². The lowest BCUT2D eigenvalue weighted by Crippen LogP contribution is -2.54. The minimum Gasteiger partial charge on any atom is -0.383 e. The Morgan fingerprint density at radius 1 is 1.38 bits per heavy atom. The minimum absolute atomic E-state index is 0.0593. The zero-order valence-electron chi connectivity index (χ0n) is 13.3. The van der Waals surface area contributed by atoms with Crippen LogP contribution >= 0.6 is 0 Å². The van der Waals surface area contributed by atoms with Gasteiger partial charge in [0, 0.05) is 53.0 Å². The highest BCUT2D eigenvalue weighted by atomic mass is 16.5. The average molecular weight is 299 g/mol. The molecule has 2 aliphatic rings. The fourth-order valence-electron chi connectivity index (χ4n) is 2.93. The van der Waals surface area contributed by atoms with Crippen LogP contribution in [0, 0.1) is 0 Å². The molecule has 6 heteroatoms. The summed E-state index contributed by atoms with van der Waals surface area (Å²) >= 11 is 0. The Morgan fingerprint density at radius 2 is 2.14 bits per heavy atom. The number of piperazine rings is 1. The Kier molecular flexibility index (Phi) is 6.89.